The number of fused-ring (bicyclic) bond motifs is 1. The minimum absolute atomic E-state index is 0.0797. The van der Waals surface area contributed by atoms with Gasteiger partial charge in [-0.15, -0.1) is 11.3 Å². The van der Waals surface area contributed by atoms with Crippen LogP contribution in [0.1, 0.15) is 9.67 Å². The highest BCUT2D eigenvalue weighted by molar-refractivity contribution is 7.22. The Morgan fingerprint density at radius 2 is 2.25 bits per heavy atom. The van der Waals surface area contributed by atoms with E-state index in [0.717, 1.165) is 11.3 Å². The van der Waals surface area contributed by atoms with Gasteiger partial charge in [-0.2, -0.15) is 0 Å². The Morgan fingerprint density at radius 1 is 1.56 bits per heavy atom. The number of thiophene rings is 1. The molecule has 3 nitrogen and oxygen atoms in total. The lowest BCUT2D eigenvalue weighted by Crippen LogP contribution is -1.91. The van der Waals surface area contributed by atoms with Gasteiger partial charge in [0.1, 0.15) is 16.4 Å². The average Bonchev–Trinajstić information content (AvgIpc) is 2.58. The molecule has 0 spiro atoms. The number of rotatable bonds is 2. The zero-order chi connectivity index (χ0) is 11.9. The van der Waals surface area contributed by atoms with Crippen LogP contribution < -0.4 is 4.74 Å². The molecule has 2 aromatic rings. The van der Waals surface area contributed by atoms with Crippen molar-refractivity contribution in [2.45, 2.75) is 0 Å². The summed E-state index contributed by atoms with van der Waals surface area (Å²) in [5, 5.41) is 8.90. The van der Waals surface area contributed by atoms with Crippen LogP contribution >= 0.6 is 22.9 Å². The molecule has 16 heavy (non-hydrogen) atoms. The van der Waals surface area contributed by atoms with Crippen molar-refractivity contribution in [2.24, 2.45) is 0 Å². The van der Waals surface area contributed by atoms with E-state index in [2.05, 4.69) is 0 Å². The fraction of sp³-hybridized carbons (Fsp3) is 0.100. The molecule has 1 N–H and O–H groups in total. The highest BCUT2D eigenvalue weighted by Crippen LogP contribution is 2.41. The number of carboxylic acids is 1. The van der Waals surface area contributed by atoms with E-state index in [1.807, 2.05) is 0 Å². The quantitative estimate of drug-likeness (QED) is 0.900. The summed E-state index contributed by atoms with van der Waals surface area (Å²) in [6.07, 6.45) is 0. The van der Waals surface area contributed by atoms with Gasteiger partial charge in [0, 0.05) is 0 Å². The third kappa shape index (κ3) is 1.52. The molecular weight excluding hydrogens is 255 g/mol. The van der Waals surface area contributed by atoms with Crippen molar-refractivity contribution >= 4 is 39.0 Å². The Morgan fingerprint density at radius 3 is 2.81 bits per heavy atom. The molecule has 2 rings (SSSR count). The monoisotopic (exact) mass is 260 g/mol. The predicted molar refractivity (Wildman–Crippen MR) is 60.3 cm³/mol. The standard InChI is InChI=1S/C10H6ClFO3S/c1-15-5-3-2-4(12)6-7(11)9(10(13)14)16-8(5)6/h2-3H,1H3,(H,13,14). The lowest BCUT2D eigenvalue weighted by Gasteiger charge is -2.01. The third-order valence-corrected chi connectivity index (χ3v) is 3.79. The Hall–Kier alpha value is -1.33. The zero-order valence-electron chi connectivity index (χ0n) is 8.08. The second kappa shape index (κ2) is 3.92. The van der Waals surface area contributed by atoms with E-state index in [4.69, 9.17) is 21.4 Å². The van der Waals surface area contributed by atoms with Gasteiger partial charge in [-0.05, 0) is 12.1 Å². The molecule has 1 aromatic carbocycles. The first kappa shape index (κ1) is 11.2. The fourth-order valence-corrected chi connectivity index (χ4v) is 2.88. The third-order valence-electron chi connectivity index (χ3n) is 2.11. The minimum Gasteiger partial charge on any atom is -0.495 e. The number of carboxylic acid groups (broad SMARTS) is 1. The summed E-state index contributed by atoms with van der Waals surface area (Å²) in [6.45, 7) is 0. The number of methoxy groups -OCH3 is 1. The molecule has 1 heterocycles. The van der Waals surface area contributed by atoms with Gasteiger partial charge in [0.2, 0.25) is 0 Å². The van der Waals surface area contributed by atoms with Crippen LogP contribution in [0.2, 0.25) is 5.02 Å². The van der Waals surface area contributed by atoms with Gasteiger partial charge in [0.25, 0.3) is 0 Å². The topological polar surface area (TPSA) is 46.5 Å². The van der Waals surface area contributed by atoms with Crippen molar-refractivity contribution in [2.75, 3.05) is 7.11 Å². The van der Waals surface area contributed by atoms with Crippen LogP contribution in [0.3, 0.4) is 0 Å². The maximum atomic E-state index is 13.5. The Balaban J connectivity index is 2.89. The van der Waals surface area contributed by atoms with E-state index in [-0.39, 0.29) is 15.3 Å². The zero-order valence-corrected chi connectivity index (χ0v) is 9.66. The highest BCUT2D eigenvalue weighted by Gasteiger charge is 2.21. The van der Waals surface area contributed by atoms with Crippen LogP contribution in [0.4, 0.5) is 4.39 Å². The van der Waals surface area contributed by atoms with E-state index < -0.39 is 11.8 Å². The number of benzene rings is 1. The highest BCUT2D eigenvalue weighted by atomic mass is 35.5. The number of carbonyl (C=O) groups is 1. The number of ether oxygens (including phenoxy) is 1. The largest absolute Gasteiger partial charge is 0.495 e. The molecule has 0 radical (unpaired) electrons. The maximum Gasteiger partial charge on any atom is 0.347 e. The molecule has 0 bridgehead atoms. The summed E-state index contributed by atoms with van der Waals surface area (Å²) in [5.41, 5.74) is 0. The first-order chi connectivity index (χ1) is 7.56. The molecule has 0 fully saturated rings. The summed E-state index contributed by atoms with van der Waals surface area (Å²) in [5.74, 6) is -1.31. The summed E-state index contributed by atoms with van der Waals surface area (Å²) >= 11 is 6.72. The molecule has 84 valence electrons. The van der Waals surface area contributed by atoms with Crippen LogP contribution in [0, 0.1) is 5.82 Å². The Kier molecular flexibility index (Phi) is 2.73. The van der Waals surface area contributed by atoms with Crippen molar-refractivity contribution in [3.8, 4) is 5.75 Å². The van der Waals surface area contributed by atoms with Crippen LogP contribution in [0.5, 0.6) is 5.75 Å². The van der Waals surface area contributed by atoms with Crippen LogP contribution in [-0.2, 0) is 0 Å². The Labute approximate surface area is 99.0 Å². The van der Waals surface area contributed by atoms with Gasteiger partial charge < -0.3 is 9.84 Å². The van der Waals surface area contributed by atoms with E-state index in [0.29, 0.717) is 10.4 Å². The average molecular weight is 261 g/mol. The summed E-state index contributed by atoms with van der Waals surface area (Å²) < 4.78 is 18.9. The Bertz CT molecular complexity index is 579. The van der Waals surface area contributed by atoms with Gasteiger partial charge in [-0.25, -0.2) is 9.18 Å². The van der Waals surface area contributed by atoms with Crippen molar-refractivity contribution in [3.05, 3.63) is 27.8 Å². The molecule has 0 saturated heterocycles. The molecule has 0 atom stereocenters. The normalized spacial score (nSPS) is 10.7. The molecule has 0 aliphatic heterocycles. The minimum atomic E-state index is -1.17. The maximum absolute atomic E-state index is 13.5. The lowest BCUT2D eigenvalue weighted by atomic mass is 10.2. The van der Waals surface area contributed by atoms with Crippen LogP contribution in [-0.4, -0.2) is 18.2 Å². The second-order valence-corrected chi connectivity index (χ2v) is 4.40. The predicted octanol–water partition coefficient (Wildman–Crippen LogP) is 3.40. The number of aromatic carboxylic acids is 1. The summed E-state index contributed by atoms with van der Waals surface area (Å²) in [4.78, 5) is 10.8. The molecule has 1 aromatic heterocycles. The molecule has 0 aliphatic rings. The molecule has 0 amide bonds. The summed E-state index contributed by atoms with van der Waals surface area (Å²) in [7, 11) is 1.43. The fourth-order valence-electron chi connectivity index (χ4n) is 1.40. The van der Waals surface area contributed by atoms with Gasteiger partial charge in [0.05, 0.1) is 22.2 Å². The van der Waals surface area contributed by atoms with E-state index in [1.54, 1.807) is 0 Å². The first-order valence-electron chi connectivity index (χ1n) is 4.24. The van der Waals surface area contributed by atoms with Crippen molar-refractivity contribution in [1.82, 2.24) is 0 Å². The van der Waals surface area contributed by atoms with Crippen molar-refractivity contribution in [3.63, 3.8) is 0 Å². The van der Waals surface area contributed by atoms with E-state index in [1.165, 1.54) is 19.2 Å². The van der Waals surface area contributed by atoms with Gasteiger partial charge in [0.15, 0.2) is 0 Å². The van der Waals surface area contributed by atoms with Crippen molar-refractivity contribution in [1.29, 1.82) is 0 Å². The van der Waals surface area contributed by atoms with Gasteiger partial charge in [-0.3, -0.25) is 0 Å². The van der Waals surface area contributed by atoms with Crippen LogP contribution in [0.15, 0.2) is 12.1 Å². The molecule has 0 aliphatic carbocycles. The summed E-state index contributed by atoms with van der Waals surface area (Å²) in [6, 6.07) is 2.64. The lowest BCUT2D eigenvalue weighted by molar-refractivity contribution is 0.0702. The SMILES string of the molecule is COc1ccc(F)c2c(Cl)c(C(=O)O)sc12. The molecule has 0 unspecified atom stereocenters. The first-order valence-corrected chi connectivity index (χ1v) is 5.43. The molecule has 6 heteroatoms. The molecular formula is C10H6ClFO3S. The van der Waals surface area contributed by atoms with Crippen LogP contribution in [0.25, 0.3) is 10.1 Å². The number of hydrogen-bond donors (Lipinski definition) is 1. The smallest absolute Gasteiger partial charge is 0.347 e. The van der Waals surface area contributed by atoms with E-state index >= 15 is 0 Å². The van der Waals surface area contributed by atoms with Crippen molar-refractivity contribution < 1.29 is 19.0 Å². The molecule has 0 saturated carbocycles. The van der Waals surface area contributed by atoms with E-state index in [9.17, 15) is 9.18 Å². The number of hydrogen-bond acceptors (Lipinski definition) is 3. The second-order valence-electron chi connectivity index (χ2n) is 3.00. The number of halogens is 2. The van der Waals surface area contributed by atoms with Gasteiger partial charge >= 0.3 is 5.97 Å². The van der Waals surface area contributed by atoms with Gasteiger partial charge in [-0.1, -0.05) is 11.6 Å².